The predicted octanol–water partition coefficient (Wildman–Crippen LogP) is 2.96. The minimum absolute atomic E-state index is 0. The van der Waals surface area contributed by atoms with Crippen LogP contribution in [0.3, 0.4) is 0 Å². The summed E-state index contributed by atoms with van der Waals surface area (Å²) in [6.07, 6.45) is 1.34. The third kappa shape index (κ3) is 16.2. The molecule has 2 aromatic carbocycles. The van der Waals surface area contributed by atoms with Crippen LogP contribution >= 0.6 is 23.2 Å². The molecule has 2 amide bonds. The van der Waals surface area contributed by atoms with Gasteiger partial charge in [-0.3, -0.25) is 19.9 Å². The Bertz CT molecular complexity index is 1060. The van der Waals surface area contributed by atoms with E-state index in [0.717, 1.165) is 0 Å². The molecule has 0 radical (unpaired) electrons. The molecule has 0 aromatic heterocycles. The second-order valence-corrected chi connectivity index (χ2v) is 11.1. The van der Waals surface area contributed by atoms with E-state index in [1.807, 2.05) is 41.5 Å². The fourth-order valence-corrected chi connectivity index (χ4v) is 3.29. The van der Waals surface area contributed by atoms with Crippen molar-refractivity contribution in [1.82, 2.24) is 16.0 Å². The van der Waals surface area contributed by atoms with Crippen LogP contribution in [0.25, 0.3) is 0 Å². The minimum Gasteiger partial charge on any atom is -2.00 e. The van der Waals surface area contributed by atoms with Crippen molar-refractivity contribution >= 4 is 41.2 Å². The maximum atomic E-state index is 13.3. The topological polar surface area (TPSA) is 186 Å². The maximum absolute atomic E-state index is 13.3. The van der Waals surface area contributed by atoms with Crippen LogP contribution in [0.5, 0.6) is 11.5 Å². The zero-order chi connectivity index (χ0) is 28.2. The van der Waals surface area contributed by atoms with E-state index in [1.165, 1.54) is 18.3 Å². The number of aliphatic imine (C=N–C) groups is 1. The number of rotatable bonds is 8. The number of carbonyl (C=O) groups is 2. The molecule has 0 unspecified atom stereocenters. The first-order chi connectivity index (χ1) is 17.2. The third-order valence-corrected chi connectivity index (χ3v) is 4.63. The van der Waals surface area contributed by atoms with Crippen molar-refractivity contribution in [2.75, 3.05) is 11.9 Å². The summed E-state index contributed by atoms with van der Waals surface area (Å²) in [5, 5.41) is 33.9. The largest absolute Gasteiger partial charge is 2.00 e. The monoisotopic (exact) mass is 680 g/mol. The summed E-state index contributed by atoms with van der Waals surface area (Å²) in [7, 11) is 0. The number of benzene rings is 2. The molecule has 2 aromatic rings. The van der Waals surface area contributed by atoms with Crippen LogP contribution < -0.4 is 26.2 Å². The zero-order valence-corrected chi connectivity index (χ0v) is 26.8. The van der Waals surface area contributed by atoms with Crippen LogP contribution in [0.4, 0.5) is 0 Å². The van der Waals surface area contributed by atoms with E-state index < -0.39 is 29.1 Å². The van der Waals surface area contributed by atoms with E-state index in [0.29, 0.717) is 11.1 Å². The minimum atomic E-state index is -1.11. The Morgan fingerprint density at radius 3 is 1.82 bits per heavy atom. The van der Waals surface area contributed by atoms with Gasteiger partial charge in [-0.05, 0) is 52.7 Å². The molecule has 0 aliphatic rings. The fourth-order valence-electron chi connectivity index (χ4n) is 3.29. The predicted molar refractivity (Wildman–Crippen MR) is 148 cm³/mol. The van der Waals surface area contributed by atoms with Crippen molar-refractivity contribution in [2.45, 2.75) is 64.7 Å². The summed E-state index contributed by atoms with van der Waals surface area (Å²) in [5.74, 6) is -1.25. The normalized spacial score (nSPS) is 12.3. The SMILES string of the molecule is CC(C)(C)NC(=O)CN[C@H](c1ccccc1[O-])[C@H](N=Cc1ccccc1[O-])C(=O)NC(C)(C)C.ClCCl.[Mo].[O-2].[O-2]. The van der Waals surface area contributed by atoms with Gasteiger partial charge in [0, 0.05) is 38.4 Å². The zero-order valence-electron chi connectivity index (χ0n) is 23.3. The fraction of sp³-hybridized carbons (Fsp3) is 0.444. The molecule has 0 saturated heterocycles. The molecule has 0 heterocycles. The number of nitrogens with zero attached hydrogens (tertiary/aromatic N) is 1. The maximum Gasteiger partial charge on any atom is 0.247 e. The molecule has 2 rings (SSSR count). The molecule has 0 aliphatic heterocycles. The number of hydrogen-bond acceptors (Lipinski definition) is 6. The molecule has 226 valence electrons. The van der Waals surface area contributed by atoms with Crippen LogP contribution in [-0.4, -0.2) is 47.0 Å². The summed E-state index contributed by atoms with van der Waals surface area (Å²) in [5.41, 5.74) is -0.390. The second-order valence-electron chi connectivity index (χ2n) is 10.3. The molecule has 0 bridgehead atoms. The number of amides is 2. The molecule has 3 N–H and O–H groups in total. The Hall–Kier alpha value is -2.20. The Labute approximate surface area is 260 Å². The standard InChI is InChI=1S/C26H36N4O4.CH2Cl2.Mo.2O/c1-25(2,3)29-21(33)16-28-22(18-12-8-10-14-20(18)32)23(24(34)30-26(4,5)6)27-15-17-11-7-9-13-19(17)31;2-1-3;;;/h7-15,22-23,28,31-32H,16H2,1-6H3,(H,29,33)(H,30,34);1H2;;;/q;;;2*-2/p-2/t22-,23+;;;;/m1..../s1. The molecular weight excluding hydrogens is 643 g/mol. The number of carbonyl (C=O) groups excluding carboxylic acids is 2. The summed E-state index contributed by atoms with van der Waals surface area (Å²) in [4.78, 5) is 30.3. The van der Waals surface area contributed by atoms with Gasteiger partial charge in [-0.15, -0.1) is 34.7 Å². The summed E-state index contributed by atoms with van der Waals surface area (Å²) >= 11 is 9.53. The van der Waals surface area contributed by atoms with Gasteiger partial charge in [0.25, 0.3) is 0 Å². The van der Waals surface area contributed by atoms with E-state index >= 15 is 0 Å². The van der Waals surface area contributed by atoms with Crippen molar-refractivity contribution in [3.8, 4) is 11.5 Å². The molecular formula is C27H36Cl2MoN4O6-6. The van der Waals surface area contributed by atoms with Crippen molar-refractivity contribution in [2.24, 2.45) is 4.99 Å². The average molecular weight is 679 g/mol. The van der Waals surface area contributed by atoms with Gasteiger partial charge in [0.2, 0.25) is 11.8 Å². The van der Waals surface area contributed by atoms with Crippen molar-refractivity contribution in [3.05, 3.63) is 59.7 Å². The van der Waals surface area contributed by atoms with E-state index in [4.69, 9.17) is 23.2 Å². The molecule has 2 atom stereocenters. The number of nitrogens with one attached hydrogen (secondary N) is 3. The molecule has 10 nitrogen and oxygen atoms in total. The van der Waals surface area contributed by atoms with Crippen molar-refractivity contribution in [3.63, 3.8) is 0 Å². The van der Waals surface area contributed by atoms with E-state index in [1.54, 1.807) is 36.4 Å². The van der Waals surface area contributed by atoms with Crippen LogP contribution in [0.2, 0.25) is 0 Å². The average Bonchev–Trinajstić information content (AvgIpc) is 2.76. The van der Waals surface area contributed by atoms with Gasteiger partial charge in [-0.2, -0.15) is 0 Å². The molecule has 13 heteroatoms. The van der Waals surface area contributed by atoms with Gasteiger partial charge in [0.1, 0.15) is 6.04 Å². The Morgan fingerprint density at radius 1 is 0.875 bits per heavy atom. The summed E-state index contributed by atoms with van der Waals surface area (Å²) in [6.45, 7) is 10.9. The van der Waals surface area contributed by atoms with Gasteiger partial charge < -0.3 is 31.8 Å². The number of para-hydroxylation sites is 2. The van der Waals surface area contributed by atoms with E-state index in [2.05, 4.69) is 20.9 Å². The van der Waals surface area contributed by atoms with Crippen molar-refractivity contribution < 1.29 is 51.8 Å². The number of alkyl halides is 2. The van der Waals surface area contributed by atoms with Gasteiger partial charge in [-0.1, -0.05) is 48.5 Å². The Kier molecular flexibility index (Phi) is 20.9. The van der Waals surface area contributed by atoms with Gasteiger partial charge in [0.15, 0.2) is 0 Å². The molecule has 0 saturated carbocycles. The molecule has 0 fully saturated rings. The van der Waals surface area contributed by atoms with E-state index in [9.17, 15) is 19.8 Å². The first-order valence-electron chi connectivity index (χ1n) is 11.7. The van der Waals surface area contributed by atoms with Gasteiger partial charge in [0.05, 0.1) is 17.9 Å². The summed E-state index contributed by atoms with van der Waals surface area (Å²) < 4.78 is 0. The van der Waals surface area contributed by atoms with Gasteiger partial charge in [-0.25, -0.2) is 0 Å². The van der Waals surface area contributed by atoms with Crippen LogP contribution in [0.1, 0.15) is 58.7 Å². The molecule has 0 aliphatic carbocycles. The number of halogens is 2. The van der Waals surface area contributed by atoms with Crippen LogP contribution in [0.15, 0.2) is 53.5 Å². The summed E-state index contributed by atoms with van der Waals surface area (Å²) in [6, 6.07) is 10.6. The van der Waals surface area contributed by atoms with Gasteiger partial charge >= 0.3 is 0 Å². The molecule has 0 spiro atoms. The second kappa shape index (κ2) is 19.8. The van der Waals surface area contributed by atoms with E-state index in [-0.39, 0.29) is 61.3 Å². The smallest absolute Gasteiger partial charge is 0.247 e. The first-order valence-corrected chi connectivity index (χ1v) is 12.8. The van der Waals surface area contributed by atoms with Crippen LogP contribution in [0, 0.1) is 0 Å². The molecule has 40 heavy (non-hydrogen) atoms. The first kappa shape index (κ1) is 42.3. The third-order valence-electron chi connectivity index (χ3n) is 4.63. The Morgan fingerprint density at radius 2 is 1.35 bits per heavy atom. The quantitative estimate of drug-likeness (QED) is 0.220. The number of hydrogen-bond donors (Lipinski definition) is 3. The van der Waals surface area contributed by atoms with Crippen molar-refractivity contribution in [1.29, 1.82) is 0 Å². The Balaban J connectivity index is -0.00000218. The van der Waals surface area contributed by atoms with Crippen LogP contribution in [-0.2, 0) is 41.6 Å².